The van der Waals surface area contributed by atoms with Crippen molar-refractivity contribution in [2.45, 2.75) is 12.2 Å². The van der Waals surface area contributed by atoms with Crippen LogP contribution in [0.5, 0.6) is 11.5 Å². The summed E-state index contributed by atoms with van der Waals surface area (Å²) in [5.41, 5.74) is -0.674. The standard InChI is InChI=1S/C22H15F3N2O3/c1-2-12-7-9-17-15(11-12)19(13-5-3-4-6-16(13)30-17)27-21(29)14-8-10-18(22(23,24)25)26-20(14)28/h2-11,19H,1H2,(H,26,28)(H,27,29). The van der Waals surface area contributed by atoms with Gasteiger partial charge < -0.3 is 15.0 Å². The van der Waals surface area contributed by atoms with Crippen LogP contribution in [0, 0.1) is 0 Å². The molecule has 0 aliphatic carbocycles. The number of carbonyl (C=O) groups excluding carboxylic acids is 1. The maximum atomic E-state index is 12.8. The van der Waals surface area contributed by atoms with Crippen LogP contribution < -0.4 is 15.6 Å². The average molecular weight is 412 g/mol. The van der Waals surface area contributed by atoms with Gasteiger partial charge in [-0.05, 0) is 35.9 Å². The molecule has 0 bridgehead atoms. The predicted octanol–water partition coefficient (Wildman–Crippen LogP) is 4.66. The Balaban J connectivity index is 1.74. The number of pyridine rings is 1. The minimum absolute atomic E-state index is 0.423. The van der Waals surface area contributed by atoms with Gasteiger partial charge in [0.25, 0.3) is 11.5 Å². The minimum atomic E-state index is -4.71. The van der Waals surface area contributed by atoms with E-state index < -0.39 is 34.9 Å². The summed E-state index contributed by atoms with van der Waals surface area (Å²) in [6.07, 6.45) is -3.08. The van der Waals surface area contributed by atoms with E-state index in [0.717, 1.165) is 11.6 Å². The summed E-state index contributed by atoms with van der Waals surface area (Å²) in [7, 11) is 0. The number of aromatic amines is 1. The van der Waals surface area contributed by atoms with Crippen LogP contribution in [0.4, 0.5) is 13.2 Å². The van der Waals surface area contributed by atoms with Crippen molar-refractivity contribution in [3.8, 4) is 11.5 Å². The summed E-state index contributed by atoms with van der Waals surface area (Å²) >= 11 is 0. The number of hydrogen-bond donors (Lipinski definition) is 2. The van der Waals surface area contributed by atoms with E-state index >= 15 is 0 Å². The zero-order chi connectivity index (χ0) is 21.5. The topological polar surface area (TPSA) is 71.2 Å². The molecule has 5 nitrogen and oxygen atoms in total. The van der Waals surface area contributed by atoms with Gasteiger partial charge >= 0.3 is 6.18 Å². The molecule has 0 radical (unpaired) electrons. The van der Waals surface area contributed by atoms with Crippen molar-refractivity contribution in [2.75, 3.05) is 0 Å². The summed E-state index contributed by atoms with van der Waals surface area (Å²) in [6.45, 7) is 3.73. The van der Waals surface area contributed by atoms with Gasteiger partial charge in [-0.3, -0.25) is 9.59 Å². The van der Waals surface area contributed by atoms with E-state index in [0.29, 0.717) is 28.7 Å². The highest BCUT2D eigenvalue weighted by molar-refractivity contribution is 5.94. The van der Waals surface area contributed by atoms with Crippen molar-refractivity contribution in [3.63, 3.8) is 0 Å². The van der Waals surface area contributed by atoms with E-state index in [9.17, 15) is 22.8 Å². The molecule has 1 aromatic heterocycles. The third-order valence-corrected chi connectivity index (χ3v) is 4.77. The summed E-state index contributed by atoms with van der Waals surface area (Å²) in [5.74, 6) is 0.246. The molecule has 1 aliphatic heterocycles. The SMILES string of the molecule is C=Cc1ccc2c(c1)C(NC(=O)c1ccc(C(F)(F)F)[nH]c1=O)c1ccccc1O2. The first kappa shape index (κ1) is 19.5. The first-order valence-corrected chi connectivity index (χ1v) is 8.92. The molecule has 1 aliphatic rings. The molecule has 4 rings (SSSR count). The molecule has 0 fully saturated rings. The second-order valence-electron chi connectivity index (χ2n) is 6.66. The molecule has 2 aromatic carbocycles. The van der Waals surface area contributed by atoms with Gasteiger partial charge in [0.05, 0.1) is 6.04 Å². The monoisotopic (exact) mass is 412 g/mol. The first-order chi connectivity index (χ1) is 14.3. The molecule has 0 saturated carbocycles. The molecule has 0 spiro atoms. The molecule has 8 heteroatoms. The molecule has 30 heavy (non-hydrogen) atoms. The van der Waals surface area contributed by atoms with E-state index in [2.05, 4.69) is 11.9 Å². The lowest BCUT2D eigenvalue weighted by molar-refractivity contribution is -0.141. The zero-order valence-corrected chi connectivity index (χ0v) is 15.4. The fourth-order valence-corrected chi connectivity index (χ4v) is 3.29. The van der Waals surface area contributed by atoms with Crippen LogP contribution in [0.15, 0.2) is 66.0 Å². The van der Waals surface area contributed by atoms with Crippen molar-refractivity contribution in [2.24, 2.45) is 0 Å². The van der Waals surface area contributed by atoms with Gasteiger partial charge in [0, 0.05) is 11.1 Å². The number of fused-ring (bicyclic) bond motifs is 2. The van der Waals surface area contributed by atoms with E-state index in [4.69, 9.17) is 4.74 Å². The number of nitrogens with one attached hydrogen (secondary N) is 2. The largest absolute Gasteiger partial charge is 0.457 e. The fraction of sp³-hybridized carbons (Fsp3) is 0.0909. The predicted molar refractivity (Wildman–Crippen MR) is 104 cm³/mol. The fourth-order valence-electron chi connectivity index (χ4n) is 3.29. The quantitative estimate of drug-likeness (QED) is 0.657. The molecule has 2 heterocycles. The molecule has 1 atom stereocenters. The van der Waals surface area contributed by atoms with Gasteiger partial charge in [-0.15, -0.1) is 0 Å². The van der Waals surface area contributed by atoms with Gasteiger partial charge in [-0.1, -0.05) is 36.9 Å². The number of carbonyl (C=O) groups is 1. The number of para-hydroxylation sites is 1. The maximum absolute atomic E-state index is 12.8. The molecule has 1 unspecified atom stereocenters. The van der Waals surface area contributed by atoms with Crippen LogP contribution in [0.3, 0.4) is 0 Å². The third-order valence-electron chi connectivity index (χ3n) is 4.77. The van der Waals surface area contributed by atoms with Crippen LogP contribution in [0.1, 0.15) is 38.8 Å². The van der Waals surface area contributed by atoms with E-state index in [-0.39, 0.29) is 0 Å². The van der Waals surface area contributed by atoms with Crippen LogP contribution >= 0.6 is 0 Å². The number of H-pyrrole nitrogens is 1. The molecular weight excluding hydrogens is 397 g/mol. The maximum Gasteiger partial charge on any atom is 0.431 e. The molecular formula is C22H15F3N2O3. The van der Waals surface area contributed by atoms with Crippen molar-refractivity contribution >= 4 is 12.0 Å². The second kappa shape index (κ2) is 7.22. The zero-order valence-electron chi connectivity index (χ0n) is 15.4. The highest BCUT2D eigenvalue weighted by Crippen LogP contribution is 2.43. The number of halogens is 3. The summed E-state index contributed by atoms with van der Waals surface area (Å²) in [4.78, 5) is 26.6. The molecule has 1 amide bonds. The summed E-state index contributed by atoms with van der Waals surface area (Å²) in [5, 5.41) is 2.74. The van der Waals surface area contributed by atoms with Gasteiger partial charge in [-0.25, -0.2) is 0 Å². The Bertz CT molecular complexity index is 1210. The van der Waals surface area contributed by atoms with E-state index in [1.165, 1.54) is 0 Å². The Hall–Kier alpha value is -3.81. The van der Waals surface area contributed by atoms with Gasteiger partial charge in [0.1, 0.15) is 22.8 Å². The number of hydrogen-bond acceptors (Lipinski definition) is 3. The molecule has 152 valence electrons. The number of ether oxygens (including phenoxy) is 1. The Kier molecular flexibility index (Phi) is 4.69. The number of benzene rings is 2. The summed E-state index contributed by atoms with van der Waals surface area (Å²) < 4.78 is 44.2. The normalized spacial score (nSPS) is 14.8. The van der Waals surface area contributed by atoms with Crippen LogP contribution in [-0.4, -0.2) is 10.9 Å². The van der Waals surface area contributed by atoms with Crippen molar-refractivity contribution in [1.29, 1.82) is 0 Å². The summed E-state index contributed by atoms with van der Waals surface area (Å²) in [6, 6.07) is 13.3. The first-order valence-electron chi connectivity index (χ1n) is 8.92. The minimum Gasteiger partial charge on any atom is -0.457 e. The Labute approximate surface area is 168 Å². The average Bonchev–Trinajstić information content (AvgIpc) is 2.72. The van der Waals surface area contributed by atoms with Crippen molar-refractivity contribution in [1.82, 2.24) is 10.3 Å². The molecule has 2 N–H and O–H groups in total. The van der Waals surface area contributed by atoms with Crippen molar-refractivity contribution in [3.05, 3.63) is 99.5 Å². The van der Waals surface area contributed by atoms with Crippen LogP contribution in [0.25, 0.3) is 6.08 Å². The number of amides is 1. The van der Waals surface area contributed by atoms with Gasteiger partial charge in [0.15, 0.2) is 0 Å². The smallest absolute Gasteiger partial charge is 0.431 e. The number of aromatic nitrogens is 1. The van der Waals surface area contributed by atoms with Crippen molar-refractivity contribution < 1.29 is 22.7 Å². The Morgan fingerprint density at radius 2 is 1.80 bits per heavy atom. The van der Waals surface area contributed by atoms with Gasteiger partial charge in [-0.2, -0.15) is 13.2 Å². The number of rotatable bonds is 3. The number of alkyl halides is 3. The highest BCUT2D eigenvalue weighted by Gasteiger charge is 2.33. The highest BCUT2D eigenvalue weighted by atomic mass is 19.4. The lowest BCUT2D eigenvalue weighted by Gasteiger charge is -2.29. The Morgan fingerprint density at radius 3 is 2.50 bits per heavy atom. The molecule has 3 aromatic rings. The molecule has 0 saturated heterocycles. The Morgan fingerprint density at radius 1 is 1.07 bits per heavy atom. The van der Waals surface area contributed by atoms with E-state index in [1.807, 2.05) is 0 Å². The second-order valence-corrected chi connectivity index (χ2v) is 6.66. The third kappa shape index (κ3) is 3.47. The lowest BCUT2D eigenvalue weighted by Crippen LogP contribution is -2.35. The van der Waals surface area contributed by atoms with Gasteiger partial charge in [0.2, 0.25) is 0 Å². The van der Waals surface area contributed by atoms with E-state index in [1.54, 1.807) is 53.5 Å². The van der Waals surface area contributed by atoms with Crippen LogP contribution in [0.2, 0.25) is 0 Å². The lowest BCUT2D eigenvalue weighted by atomic mass is 9.93. The van der Waals surface area contributed by atoms with Crippen LogP contribution in [-0.2, 0) is 6.18 Å².